The highest BCUT2D eigenvalue weighted by Crippen LogP contribution is 2.34. The molecule has 0 radical (unpaired) electrons. The van der Waals surface area contributed by atoms with E-state index in [1.165, 1.54) is 18.4 Å². The van der Waals surface area contributed by atoms with Gasteiger partial charge in [-0.05, 0) is 57.4 Å². The van der Waals surface area contributed by atoms with E-state index in [2.05, 4.69) is 23.4 Å². The molecule has 0 saturated heterocycles. The normalized spacial score (nSPS) is 15.7. The van der Waals surface area contributed by atoms with E-state index in [-0.39, 0.29) is 0 Å². The highest BCUT2D eigenvalue weighted by atomic mass is 32.2. The number of hydrogen-bond donors (Lipinski definition) is 1. The molecule has 0 aliphatic heterocycles. The minimum absolute atomic E-state index is 0.541. The molecule has 1 atom stereocenters. The first-order valence-electron chi connectivity index (χ1n) is 9.98. The minimum Gasteiger partial charge on any atom is -0.382 e. The summed E-state index contributed by atoms with van der Waals surface area (Å²) in [4.78, 5) is 9.32. The zero-order chi connectivity index (χ0) is 18.7. The summed E-state index contributed by atoms with van der Waals surface area (Å²) < 4.78 is 14.4. The van der Waals surface area contributed by atoms with Crippen LogP contribution in [0.2, 0.25) is 0 Å². The van der Waals surface area contributed by atoms with Crippen LogP contribution in [0.25, 0.3) is 11.0 Å². The topological polar surface area (TPSA) is 73.8 Å². The van der Waals surface area contributed by atoms with Crippen molar-refractivity contribution in [3.05, 3.63) is 17.1 Å². The van der Waals surface area contributed by atoms with Crippen LogP contribution >= 0.6 is 0 Å². The van der Waals surface area contributed by atoms with Gasteiger partial charge in [0.25, 0.3) is 0 Å². The van der Waals surface area contributed by atoms with Crippen molar-refractivity contribution in [2.24, 2.45) is 5.92 Å². The Morgan fingerprint density at radius 2 is 1.88 bits per heavy atom. The van der Waals surface area contributed by atoms with Crippen molar-refractivity contribution in [2.75, 3.05) is 17.2 Å². The molecule has 1 aliphatic carbocycles. The fraction of sp³-hybridized carbons (Fsp3) is 0.700. The molecule has 1 fully saturated rings. The zero-order valence-electron chi connectivity index (χ0n) is 16.4. The van der Waals surface area contributed by atoms with Gasteiger partial charge in [-0.1, -0.05) is 13.3 Å². The maximum Gasteiger partial charge on any atom is 0.151 e. The van der Waals surface area contributed by atoms with E-state index >= 15 is 0 Å². The maximum absolute atomic E-state index is 12.0. The first-order chi connectivity index (χ1) is 12.5. The van der Waals surface area contributed by atoms with Crippen molar-refractivity contribution in [3.8, 4) is 0 Å². The predicted octanol–water partition coefficient (Wildman–Crippen LogP) is 3.91. The van der Waals surface area contributed by atoms with Crippen molar-refractivity contribution < 1.29 is 4.21 Å². The summed E-state index contributed by atoms with van der Waals surface area (Å²) in [6.45, 7) is 7.20. The molecule has 5 nitrogen and oxygen atoms in total. The van der Waals surface area contributed by atoms with Crippen LogP contribution in [0.15, 0.2) is 0 Å². The Bertz CT molecular complexity index is 795. The number of nitrogens with zero attached hydrogens (tertiary/aromatic N) is 3. The van der Waals surface area contributed by atoms with Crippen molar-refractivity contribution >= 4 is 27.7 Å². The monoisotopic (exact) mass is 376 g/mol. The molecule has 3 rings (SSSR count). The number of rotatable bonds is 10. The highest BCUT2D eigenvalue weighted by molar-refractivity contribution is 7.84. The number of imidazole rings is 1. The van der Waals surface area contributed by atoms with Gasteiger partial charge in [-0.15, -0.1) is 0 Å². The quantitative estimate of drug-likeness (QED) is 0.638. The fourth-order valence-electron chi connectivity index (χ4n) is 3.46. The number of anilines is 1. The van der Waals surface area contributed by atoms with E-state index in [0.29, 0.717) is 5.82 Å². The van der Waals surface area contributed by atoms with Crippen LogP contribution in [-0.4, -0.2) is 30.2 Å². The summed E-state index contributed by atoms with van der Waals surface area (Å²) in [5.74, 6) is 4.13. The van der Waals surface area contributed by atoms with Crippen molar-refractivity contribution in [1.29, 1.82) is 0 Å². The average Bonchev–Trinajstić information content (AvgIpc) is 3.35. The lowest BCUT2D eigenvalue weighted by Crippen LogP contribution is -2.09. The number of hydrogen-bond acceptors (Lipinski definition) is 4. The summed E-state index contributed by atoms with van der Waals surface area (Å²) in [5, 5.41) is 0. The van der Waals surface area contributed by atoms with Crippen LogP contribution in [0.1, 0.15) is 62.5 Å². The number of nitrogen functional groups attached to an aromatic ring is 1. The molecular weight excluding hydrogens is 344 g/mol. The number of nitrogens with two attached hydrogens (primary N) is 1. The Balaban J connectivity index is 1.75. The van der Waals surface area contributed by atoms with Crippen LogP contribution < -0.4 is 5.73 Å². The Labute approximate surface area is 159 Å². The Morgan fingerprint density at radius 1 is 1.15 bits per heavy atom. The molecule has 2 aromatic rings. The van der Waals surface area contributed by atoms with E-state index in [4.69, 9.17) is 10.7 Å². The molecule has 2 heterocycles. The molecule has 26 heavy (non-hydrogen) atoms. The van der Waals surface area contributed by atoms with Crippen molar-refractivity contribution in [3.63, 3.8) is 0 Å². The molecule has 1 aliphatic rings. The number of fused-ring (bicyclic) bond motifs is 1. The Morgan fingerprint density at radius 3 is 2.58 bits per heavy atom. The van der Waals surface area contributed by atoms with Crippen molar-refractivity contribution in [1.82, 2.24) is 14.5 Å². The lowest BCUT2D eigenvalue weighted by Gasteiger charge is -2.12. The van der Waals surface area contributed by atoms with Crippen LogP contribution in [0.4, 0.5) is 5.82 Å². The minimum atomic E-state index is -0.666. The molecule has 2 N–H and O–H groups in total. The van der Waals surface area contributed by atoms with Gasteiger partial charge in [0.05, 0.1) is 5.52 Å². The molecule has 2 aromatic heterocycles. The zero-order valence-corrected chi connectivity index (χ0v) is 17.2. The summed E-state index contributed by atoms with van der Waals surface area (Å²) in [7, 11) is -0.666. The van der Waals surface area contributed by atoms with E-state index in [9.17, 15) is 4.21 Å². The molecular formula is C20H32N4OS. The second-order valence-corrected chi connectivity index (χ2v) is 9.34. The first-order valence-corrected chi connectivity index (χ1v) is 11.5. The Hall–Kier alpha value is -1.43. The Kier molecular flexibility index (Phi) is 6.33. The number of aromatic nitrogens is 3. The third kappa shape index (κ3) is 4.45. The van der Waals surface area contributed by atoms with E-state index in [1.54, 1.807) is 0 Å². The smallest absolute Gasteiger partial charge is 0.151 e. The van der Waals surface area contributed by atoms with Gasteiger partial charge in [-0.3, -0.25) is 4.21 Å². The second-order valence-electron chi connectivity index (χ2n) is 7.64. The summed E-state index contributed by atoms with van der Waals surface area (Å²) in [5.41, 5.74) is 10.3. The van der Waals surface area contributed by atoms with Gasteiger partial charge in [0.1, 0.15) is 11.3 Å². The second kappa shape index (κ2) is 8.51. The van der Waals surface area contributed by atoms with Crippen LogP contribution in [-0.2, 0) is 23.8 Å². The number of pyridine rings is 1. The van der Waals surface area contributed by atoms with Gasteiger partial charge in [-0.25, -0.2) is 9.97 Å². The molecule has 6 heteroatoms. The molecule has 0 amide bonds. The van der Waals surface area contributed by atoms with Crippen LogP contribution in [0.3, 0.4) is 0 Å². The third-order valence-electron chi connectivity index (χ3n) is 5.37. The van der Waals surface area contributed by atoms with E-state index < -0.39 is 10.8 Å². The standard InChI is InChI=1S/C20H32N4OS/c1-4-5-11-26(25)12-7-6-10-24-17(13-16-8-9-16)23-18-19(24)14(2)15(3)22-20(18)21/h16H,4-13H2,1-3H3,(H2,21,22). The lowest BCUT2D eigenvalue weighted by atomic mass is 10.2. The SMILES string of the molecule is CCCCS(=O)CCCCn1c(CC2CC2)nc2c(N)nc(C)c(C)c21. The molecule has 0 spiro atoms. The third-order valence-corrected chi connectivity index (χ3v) is 6.86. The molecule has 1 unspecified atom stereocenters. The van der Waals surface area contributed by atoms with Gasteiger partial charge >= 0.3 is 0 Å². The molecule has 0 bridgehead atoms. The molecule has 144 valence electrons. The summed E-state index contributed by atoms with van der Waals surface area (Å²) in [6.07, 6.45) is 7.87. The van der Waals surface area contributed by atoms with E-state index in [0.717, 1.165) is 78.6 Å². The van der Waals surface area contributed by atoms with Crippen molar-refractivity contribution in [2.45, 2.75) is 72.3 Å². The van der Waals surface area contributed by atoms with Crippen LogP contribution in [0, 0.1) is 19.8 Å². The van der Waals surface area contributed by atoms with Gasteiger partial charge in [0, 0.05) is 41.0 Å². The molecule has 1 saturated carbocycles. The molecule has 0 aromatic carbocycles. The van der Waals surface area contributed by atoms with Gasteiger partial charge < -0.3 is 10.3 Å². The van der Waals surface area contributed by atoms with Gasteiger partial charge in [0.2, 0.25) is 0 Å². The first kappa shape index (κ1) is 19.3. The van der Waals surface area contributed by atoms with Gasteiger partial charge in [-0.2, -0.15) is 0 Å². The van der Waals surface area contributed by atoms with E-state index in [1.807, 2.05) is 6.92 Å². The predicted molar refractivity (Wildman–Crippen MR) is 110 cm³/mol. The average molecular weight is 377 g/mol. The largest absolute Gasteiger partial charge is 0.382 e. The lowest BCUT2D eigenvalue weighted by molar-refractivity contribution is 0.600. The fourth-order valence-corrected chi connectivity index (χ4v) is 4.80. The number of unbranched alkanes of at least 4 members (excludes halogenated alkanes) is 2. The summed E-state index contributed by atoms with van der Waals surface area (Å²) >= 11 is 0. The number of aryl methyl sites for hydroxylation is 3. The van der Waals surface area contributed by atoms with Gasteiger partial charge in [0.15, 0.2) is 5.82 Å². The highest BCUT2D eigenvalue weighted by Gasteiger charge is 2.26. The maximum atomic E-state index is 12.0. The van der Waals surface area contributed by atoms with Crippen LogP contribution in [0.5, 0.6) is 0 Å². The summed E-state index contributed by atoms with van der Waals surface area (Å²) in [6, 6.07) is 0.